The number of ether oxygens (including phenoxy) is 1. The first-order valence-electron chi connectivity index (χ1n) is 7.90. The first-order valence-corrected chi connectivity index (χ1v) is 7.90. The zero-order valence-electron chi connectivity index (χ0n) is 12.9. The van der Waals surface area contributed by atoms with Crippen LogP contribution in [0.5, 0.6) is 0 Å². The van der Waals surface area contributed by atoms with Gasteiger partial charge in [-0.25, -0.2) is 0 Å². The lowest BCUT2D eigenvalue weighted by Crippen LogP contribution is -2.51. The Kier molecular flexibility index (Phi) is 3.59. The van der Waals surface area contributed by atoms with Crippen LogP contribution in [0.1, 0.15) is 27.9 Å². The van der Waals surface area contributed by atoms with Gasteiger partial charge in [0.25, 0.3) is 5.91 Å². The molecule has 2 aliphatic rings. The van der Waals surface area contributed by atoms with Crippen molar-refractivity contribution in [1.82, 2.24) is 15.2 Å². The van der Waals surface area contributed by atoms with Gasteiger partial charge in [-0.05, 0) is 29.3 Å². The van der Waals surface area contributed by atoms with E-state index in [4.69, 9.17) is 4.74 Å². The second-order valence-electron chi connectivity index (χ2n) is 6.21. The summed E-state index contributed by atoms with van der Waals surface area (Å²) in [6.45, 7) is 2.92. The van der Waals surface area contributed by atoms with Gasteiger partial charge in [-0.2, -0.15) is 0 Å². The van der Waals surface area contributed by atoms with Crippen molar-refractivity contribution in [1.29, 1.82) is 0 Å². The van der Waals surface area contributed by atoms with Crippen molar-refractivity contribution in [3.63, 3.8) is 0 Å². The van der Waals surface area contributed by atoms with E-state index in [1.807, 2.05) is 48.8 Å². The SMILES string of the molecule is O=C1NC2(CCN(Cc3ccncc3)C2)OCc2ccccc21. The van der Waals surface area contributed by atoms with Crippen molar-refractivity contribution in [3.05, 3.63) is 65.5 Å². The summed E-state index contributed by atoms with van der Waals surface area (Å²) >= 11 is 0. The van der Waals surface area contributed by atoms with Crippen molar-refractivity contribution < 1.29 is 9.53 Å². The van der Waals surface area contributed by atoms with Crippen LogP contribution in [0.15, 0.2) is 48.8 Å². The average molecular weight is 309 g/mol. The Morgan fingerprint density at radius 1 is 1.22 bits per heavy atom. The molecule has 2 aromatic rings. The van der Waals surface area contributed by atoms with Gasteiger partial charge in [0.2, 0.25) is 0 Å². The van der Waals surface area contributed by atoms with Crippen molar-refractivity contribution in [2.75, 3.05) is 13.1 Å². The van der Waals surface area contributed by atoms with Crippen molar-refractivity contribution in [2.24, 2.45) is 0 Å². The van der Waals surface area contributed by atoms with Gasteiger partial charge in [0.1, 0.15) is 0 Å². The number of rotatable bonds is 2. The normalized spacial score (nSPS) is 24.3. The lowest BCUT2D eigenvalue weighted by molar-refractivity contribution is -0.0629. The molecule has 1 N–H and O–H groups in total. The molecule has 2 aliphatic heterocycles. The number of pyridine rings is 1. The highest BCUT2D eigenvalue weighted by atomic mass is 16.5. The number of carbonyl (C=O) groups is 1. The number of aromatic nitrogens is 1. The van der Waals surface area contributed by atoms with Crippen molar-refractivity contribution >= 4 is 5.91 Å². The molecule has 3 heterocycles. The highest BCUT2D eigenvalue weighted by Crippen LogP contribution is 2.29. The molecule has 118 valence electrons. The van der Waals surface area contributed by atoms with Crippen LogP contribution >= 0.6 is 0 Å². The van der Waals surface area contributed by atoms with E-state index in [1.165, 1.54) is 5.56 Å². The van der Waals surface area contributed by atoms with Crippen LogP contribution in [-0.4, -0.2) is 34.6 Å². The second-order valence-corrected chi connectivity index (χ2v) is 6.21. The van der Waals surface area contributed by atoms with E-state index < -0.39 is 5.72 Å². The number of fused-ring (bicyclic) bond motifs is 1. The molecule has 1 spiro atoms. The molecule has 1 aromatic heterocycles. The highest BCUT2D eigenvalue weighted by Gasteiger charge is 2.42. The van der Waals surface area contributed by atoms with Crippen LogP contribution in [0.2, 0.25) is 0 Å². The third-order valence-corrected chi connectivity index (χ3v) is 4.57. The molecule has 0 radical (unpaired) electrons. The van der Waals surface area contributed by atoms with E-state index in [9.17, 15) is 4.79 Å². The second kappa shape index (κ2) is 5.76. The summed E-state index contributed by atoms with van der Waals surface area (Å²) < 4.78 is 6.13. The standard InChI is InChI=1S/C18H19N3O2/c22-17-16-4-2-1-3-15(16)12-23-18(20-17)7-10-21(13-18)11-14-5-8-19-9-6-14/h1-6,8-9H,7,10-13H2,(H,20,22). The Morgan fingerprint density at radius 3 is 2.91 bits per heavy atom. The zero-order chi connectivity index (χ0) is 15.7. The van der Waals surface area contributed by atoms with Crippen LogP contribution < -0.4 is 5.32 Å². The first-order chi connectivity index (χ1) is 11.2. The lowest BCUT2D eigenvalue weighted by atomic mass is 10.1. The summed E-state index contributed by atoms with van der Waals surface area (Å²) in [7, 11) is 0. The molecule has 5 nitrogen and oxygen atoms in total. The fraction of sp³-hybridized carbons (Fsp3) is 0.333. The summed E-state index contributed by atoms with van der Waals surface area (Å²) in [5, 5.41) is 3.11. The van der Waals surface area contributed by atoms with E-state index >= 15 is 0 Å². The largest absolute Gasteiger partial charge is 0.350 e. The van der Waals surface area contributed by atoms with Gasteiger partial charge in [0.15, 0.2) is 5.72 Å². The number of hydrogen-bond acceptors (Lipinski definition) is 4. The Bertz CT molecular complexity index is 719. The fourth-order valence-corrected chi connectivity index (χ4v) is 3.35. The van der Waals surface area contributed by atoms with E-state index in [2.05, 4.69) is 15.2 Å². The molecule has 1 unspecified atom stereocenters. The number of benzene rings is 1. The summed E-state index contributed by atoms with van der Waals surface area (Å²) in [6.07, 6.45) is 4.42. The van der Waals surface area contributed by atoms with Gasteiger partial charge in [0.05, 0.1) is 6.61 Å². The minimum atomic E-state index is -0.580. The average Bonchev–Trinajstić information content (AvgIpc) is 2.90. The zero-order valence-corrected chi connectivity index (χ0v) is 12.9. The summed E-state index contributed by atoms with van der Waals surface area (Å²) in [5.74, 6) is -0.0381. The Labute approximate surface area is 135 Å². The monoisotopic (exact) mass is 309 g/mol. The highest BCUT2D eigenvalue weighted by molar-refractivity contribution is 5.96. The van der Waals surface area contributed by atoms with Gasteiger partial charge in [0, 0.05) is 44.0 Å². The van der Waals surface area contributed by atoms with Crippen LogP contribution in [0.25, 0.3) is 0 Å². The van der Waals surface area contributed by atoms with Gasteiger partial charge in [-0.1, -0.05) is 18.2 Å². The lowest BCUT2D eigenvalue weighted by Gasteiger charge is -2.29. The number of nitrogens with zero attached hydrogens (tertiary/aromatic N) is 2. The van der Waals surface area contributed by atoms with E-state index in [-0.39, 0.29) is 5.91 Å². The van der Waals surface area contributed by atoms with Gasteiger partial charge >= 0.3 is 0 Å². The maximum atomic E-state index is 12.5. The number of hydrogen-bond donors (Lipinski definition) is 1. The Balaban J connectivity index is 1.49. The van der Waals surface area contributed by atoms with E-state index in [0.29, 0.717) is 13.2 Å². The van der Waals surface area contributed by atoms with Gasteiger partial charge < -0.3 is 10.1 Å². The maximum absolute atomic E-state index is 12.5. The molecular formula is C18H19N3O2. The molecule has 0 aliphatic carbocycles. The number of carbonyl (C=O) groups excluding carboxylic acids is 1. The summed E-state index contributed by atoms with van der Waals surface area (Å²) in [4.78, 5) is 18.9. The summed E-state index contributed by atoms with van der Waals surface area (Å²) in [5.41, 5.74) is 2.31. The molecule has 1 saturated heterocycles. The van der Waals surface area contributed by atoms with Crippen molar-refractivity contribution in [3.8, 4) is 0 Å². The minimum absolute atomic E-state index is 0.0381. The molecule has 4 rings (SSSR count). The van der Waals surface area contributed by atoms with Crippen molar-refractivity contribution in [2.45, 2.75) is 25.3 Å². The maximum Gasteiger partial charge on any atom is 0.253 e. The third-order valence-electron chi connectivity index (χ3n) is 4.57. The smallest absolute Gasteiger partial charge is 0.253 e. The molecule has 1 atom stereocenters. The molecule has 0 saturated carbocycles. The number of amides is 1. The molecule has 1 aromatic carbocycles. The molecule has 5 heteroatoms. The number of nitrogens with one attached hydrogen (secondary N) is 1. The first kappa shape index (κ1) is 14.4. The quantitative estimate of drug-likeness (QED) is 0.921. The predicted octanol–water partition coefficient (Wildman–Crippen LogP) is 1.94. The fourth-order valence-electron chi connectivity index (χ4n) is 3.35. The Hall–Kier alpha value is -2.24. The van der Waals surface area contributed by atoms with Crippen LogP contribution in [0.3, 0.4) is 0 Å². The van der Waals surface area contributed by atoms with Gasteiger partial charge in [-0.15, -0.1) is 0 Å². The molecular weight excluding hydrogens is 290 g/mol. The minimum Gasteiger partial charge on any atom is -0.350 e. The predicted molar refractivity (Wildman–Crippen MR) is 85.6 cm³/mol. The van der Waals surface area contributed by atoms with Crippen LogP contribution in [0.4, 0.5) is 0 Å². The molecule has 23 heavy (non-hydrogen) atoms. The third kappa shape index (κ3) is 2.85. The Morgan fingerprint density at radius 2 is 2.04 bits per heavy atom. The van der Waals surface area contributed by atoms with Gasteiger partial charge in [-0.3, -0.25) is 14.7 Å². The van der Waals surface area contributed by atoms with Crippen LogP contribution in [-0.2, 0) is 17.9 Å². The topological polar surface area (TPSA) is 54.5 Å². The number of likely N-dealkylation sites (tertiary alicyclic amines) is 1. The van der Waals surface area contributed by atoms with Crippen LogP contribution in [0, 0.1) is 0 Å². The molecule has 0 bridgehead atoms. The van der Waals surface area contributed by atoms with E-state index in [1.54, 1.807) is 0 Å². The van der Waals surface area contributed by atoms with E-state index in [0.717, 1.165) is 30.6 Å². The molecule has 1 fully saturated rings. The summed E-state index contributed by atoms with van der Waals surface area (Å²) in [6, 6.07) is 11.7. The molecule has 1 amide bonds.